The summed E-state index contributed by atoms with van der Waals surface area (Å²) in [5.41, 5.74) is 12.7. The Hall–Kier alpha value is -2.33. The summed E-state index contributed by atoms with van der Waals surface area (Å²) in [5.74, 6) is -1.18. The summed E-state index contributed by atoms with van der Waals surface area (Å²) < 4.78 is 0. The van der Waals surface area contributed by atoms with Gasteiger partial charge in [0.15, 0.2) is 0 Å². The molecule has 102 valence electrons. The van der Waals surface area contributed by atoms with Crippen LogP contribution in [0.5, 0.6) is 0 Å². The van der Waals surface area contributed by atoms with Gasteiger partial charge in [0.2, 0.25) is 11.8 Å². The number of carbonyl (C=O) groups excluding carboxylic acids is 2. The molecule has 0 radical (unpaired) electrons. The van der Waals surface area contributed by atoms with Gasteiger partial charge >= 0.3 is 0 Å². The van der Waals surface area contributed by atoms with Crippen molar-refractivity contribution in [2.45, 2.75) is 6.42 Å². The van der Waals surface area contributed by atoms with Gasteiger partial charge in [0, 0.05) is 16.1 Å². The van der Waals surface area contributed by atoms with Gasteiger partial charge in [0.25, 0.3) is 0 Å². The number of halogens is 1. The lowest BCUT2D eigenvalue weighted by atomic mass is 9.94. The molecule has 2 aromatic carbocycles. The molecular weight excluding hydrogens is 276 g/mol. The average Bonchev–Trinajstić information content (AvgIpc) is 2.38. The molecule has 0 atom stereocenters. The van der Waals surface area contributed by atoms with Crippen molar-refractivity contribution in [2.24, 2.45) is 11.5 Å². The Bertz CT molecular complexity index is 651. The summed E-state index contributed by atoms with van der Waals surface area (Å²) in [4.78, 5) is 23.0. The van der Waals surface area contributed by atoms with E-state index in [1.54, 1.807) is 36.4 Å². The third kappa shape index (κ3) is 2.97. The molecule has 2 amide bonds. The van der Waals surface area contributed by atoms with Crippen molar-refractivity contribution < 1.29 is 9.59 Å². The van der Waals surface area contributed by atoms with E-state index in [1.165, 1.54) is 0 Å². The Balaban J connectivity index is 2.53. The molecule has 0 unspecified atom stereocenters. The Kier molecular flexibility index (Phi) is 4.05. The van der Waals surface area contributed by atoms with E-state index in [1.807, 2.05) is 6.07 Å². The highest BCUT2D eigenvalue weighted by atomic mass is 35.5. The summed E-state index contributed by atoms with van der Waals surface area (Å²) in [6.07, 6.45) is 0.359. The minimum atomic E-state index is -0.592. The van der Waals surface area contributed by atoms with Crippen LogP contribution < -0.4 is 11.5 Å². The lowest BCUT2D eigenvalue weighted by Crippen LogP contribution is -2.20. The topological polar surface area (TPSA) is 86.2 Å². The first-order chi connectivity index (χ1) is 9.49. The largest absolute Gasteiger partial charge is 0.366 e. The van der Waals surface area contributed by atoms with Crippen molar-refractivity contribution in [1.29, 1.82) is 0 Å². The molecule has 0 heterocycles. The maximum absolute atomic E-state index is 11.5. The van der Waals surface area contributed by atoms with Crippen LogP contribution in [0.2, 0.25) is 5.02 Å². The zero-order valence-electron chi connectivity index (χ0n) is 10.6. The van der Waals surface area contributed by atoms with Crippen LogP contribution >= 0.6 is 11.6 Å². The third-order valence-electron chi connectivity index (χ3n) is 2.98. The zero-order chi connectivity index (χ0) is 14.7. The molecular formula is C15H13ClN2O2. The third-order valence-corrected chi connectivity index (χ3v) is 3.21. The molecule has 2 rings (SSSR count). The highest BCUT2D eigenvalue weighted by Crippen LogP contribution is 2.20. The van der Waals surface area contributed by atoms with E-state index in [9.17, 15) is 9.59 Å². The van der Waals surface area contributed by atoms with Gasteiger partial charge in [-0.15, -0.1) is 0 Å². The maximum Gasteiger partial charge on any atom is 0.249 e. The number of benzene rings is 2. The van der Waals surface area contributed by atoms with Gasteiger partial charge in [0.05, 0.1) is 0 Å². The number of rotatable bonds is 4. The summed E-state index contributed by atoms with van der Waals surface area (Å²) in [6, 6.07) is 11.9. The van der Waals surface area contributed by atoms with Crippen LogP contribution in [0.25, 0.3) is 0 Å². The Morgan fingerprint density at radius 3 is 2.00 bits per heavy atom. The average molecular weight is 289 g/mol. The van der Waals surface area contributed by atoms with Crippen LogP contribution in [-0.2, 0) is 6.42 Å². The van der Waals surface area contributed by atoms with E-state index < -0.39 is 11.8 Å². The second-order valence-electron chi connectivity index (χ2n) is 4.37. The molecule has 0 aromatic heterocycles. The lowest BCUT2D eigenvalue weighted by Gasteiger charge is -2.11. The number of amides is 2. The zero-order valence-corrected chi connectivity index (χ0v) is 11.4. The SMILES string of the molecule is NC(=O)c1cccc(C(N)=O)c1Cc1cccc(Cl)c1. The normalized spacial score (nSPS) is 10.2. The second kappa shape index (κ2) is 5.75. The van der Waals surface area contributed by atoms with Crippen LogP contribution in [0.1, 0.15) is 31.8 Å². The number of nitrogens with two attached hydrogens (primary N) is 2. The first-order valence-corrected chi connectivity index (χ1v) is 6.33. The van der Waals surface area contributed by atoms with Gasteiger partial charge in [-0.2, -0.15) is 0 Å². The fourth-order valence-corrected chi connectivity index (χ4v) is 2.30. The van der Waals surface area contributed by atoms with E-state index in [0.29, 0.717) is 28.1 Å². The summed E-state index contributed by atoms with van der Waals surface area (Å²) >= 11 is 5.93. The van der Waals surface area contributed by atoms with Gasteiger partial charge in [-0.3, -0.25) is 9.59 Å². The van der Waals surface area contributed by atoms with Gasteiger partial charge in [-0.05, 0) is 41.8 Å². The minimum absolute atomic E-state index is 0.293. The molecule has 0 saturated carbocycles. The highest BCUT2D eigenvalue weighted by molar-refractivity contribution is 6.30. The van der Waals surface area contributed by atoms with E-state index in [-0.39, 0.29) is 0 Å². The maximum atomic E-state index is 11.5. The van der Waals surface area contributed by atoms with Gasteiger partial charge in [0.1, 0.15) is 0 Å². The van der Waals surface area contributed by atoms with E-state index in [2.05, 4.69) is 0 Å². The molecule has 0 aliphatic rings. The molecule has 0 aliphatic carbocycles. The smallest absolute Gasteiger partial charge is 0.249 e. The first kappa shape index (κ1) is 14.1. The Labute approximate surface area is 121 Å². The molecule has 0 spiro atoms. The minimum Gasteiger partial charge on any atom is -0.366 e. The van der Waals surface area contributed by atoms with E-state index >= 15 is 0 Å². The Morgan fingerprint density at radius 1 is 0.950 bits per heavy atom. The van der Waals surface area contributed by atoms with Crippen LogP contribution in [0, 0.1) is 0 Å². The van der Waals surface area contributed by atoms with E-state index in [0.717, 1.165) is 5.56 Å². The molecule has 0 bridgehead atoms. The fourth-order valence-electron chi connectivity index (χ4n) is 2.09. The number of carbonyl (C=O) groups is 2. The second-order valence-corrected chi connectivity index (χ2v) is 4.80. The van der Waals surface area contributed by atoms with Crippen molar-refractivity contribution in [1.82, 2.24) is 0 Å². The number of hydrogen-bond acceptors (Lipinski definition) is 2. The van der Waals surface area contributed by atoms with Gasteiger partial charge in [-0.25, -0.2) is 0 Å². The molecule has 0 fully saturated rings. The standard InChI is InChI=1S/C15H13ClN2O2/c16-10-4-1-3-9(7-10)8-13-11(14(17)19)5-2-6-12(13)15(18)20/h1-7H,8H2,(H2,17,19)(H2,18,20). The van der Waals surface area contributed by atoms with E-state index in [4.69, 9.17) is 23.1 Å². The Morgan fingerprint density at radius 2 is 1.50 bits per heavy atom. The van der Waals surface area contributed by atoms with Gasteiger partial charge in [-0.1, -0.05) is 29.8 Å². The summed E-state index contributed by atoms with van der Waals surface area (Å²) in [6.45, 7) is 0. The van der Waals surface area contributed by atoms with Crippen molar-refractivity contribution in [3.05, 3.63) is 69.7 Å². The predicted octanol–water partition coefficient (Wildman–Crippen LogP) is 2.13. The molecule has 20 heavy (non-hydrogen) atoms. The van der Waals surface area contributed by atoms with Crippen LogP contribution in [0.15, 0.2) is 42.5 Å². The molecule has 4 N–H and O–H groups in total. The molecule has 2 aromatic rings. The molecule has 5 heteroatoms. The monoisotopic (exact) mass is 288 g/mol. The fraction of sp³-hybridized carbons (Fsp3) is 0.0667. The van der Waals surface area contributed by atoms with Crippen LogP contribution in [0.4, 0.5) is 0 Å². The quantitative estimate of drug-likeness (QED) is 0.903. The molecule has 0 saturated heterocycles. The lowest BCUT2D eigenvalue weighted by molar-refractivity contribution is 0.0999. The highest BCUT2D eigenvalue weighted by Gasteiger charge is 2.16. The molecule has 0 aliphatic heterocycles. The van der Waals surface area contributed by atoms with Crippen LogP contribution in [0.3, 0.4) is 0 Å². The summed E-state index contributed by atoms with van der Waals surface area (Å²) in [5, 5.41) is 0.583. The van der Waals surface area contributed by atoms with Crippen molar-refractivity contribution in [2.75, 3.05) is 0 Å². The van der Waals surface area contributed by atoms with Crippen molar-refractivity contribution in [3.63, 3.8) is 0 Å². The van der Waals surface area contributed by atoms with Crippen molar-refractivity contribution in [3.8, 4) is 0 Å². The first-order valence-electron chi connectivity index (χ1n) is 5.95. The van der Waals surface area contributed by atoms with Gasteiger partial charge < -0.3 is 11.5 Å². The van der Waals surface area contributed by atoms with Crippen molar-refractivity contribution >= 4 is 23.4 Å². The van der Waals surface area contributed by atoms with Crippen LogP contribution in [-0.4, -0.2) is 11.8 Å². The number of primary amides is 2. The molecule has 4 nitrogen and oxygen atoms in total. The summed E-state index contributed by atoms with van der Waals surface area (Å²) in [7, 11) is 0. The predicted molar refractivity (Wildman–Crippen MR) is 77.7 cm³/mol. The number of hydrogen-bond donors (Lipinski definition) is 2.